The average molecular weight is 357 g/mol. The molecule has 0 bridgehead atoms. The third-order valence-electron chi connectivity index (χ3n) is 3.03. The molecule has 2 aromatic carbocycles. The Morgan fingerprint density at radius 3 is 2.43 bits per heavy atom. The van der Waals surface area contributed by atoms with E-state index in [-0.39, 0.29) is 5.56 Å². The molecular formula is C15H15BrF2N2O. The average Bonchev–Trinajstić information content (AvgIpc) is 2.44. The van der Waals surface area contributed by atoms with Crippen molar-refractivity contribution >= 4 is 15.9 Å². The number of halogens is 3. The van der Waals surface area contributed by atoms with Crippen LogP contribution in [0.3, 0.4) is 0 Å². The smallest absolute Gasteiger partial charge is 0.132 e. The second-order valence-corrected chi connectivity index (χ2v) is 5.27. The highest BCUT2D eigenvalue weighted by atomic mass is 79.9. The summed E-state index contributed by atoms with van der Waals surface area (Å²) in [6, 6.07) is 8.56. The van der Waals surface area contributed by atoms with E-state index >= 15 is 0 Å². The van der Waals surface area contributed by atoms with Crippen LogP contribution in [0.25, 0.3) is 0 Å². The molecule has 0 aliphatic rings. The second kappa shape index (κ2) is 6.98. The van der Waals surface area contributed by atoms with Gasteiger partial charge in [0.05, 0.1) is 12.6 Å². The van der Waals surface area contributed by atoms with E-state index in [9.17, 15) is 8.78 Å². The first kappa shape index (κ1) is 15.9. The molecule has 112 valence electrons. The molecule has 0 aliphatic heterocycles. The fourth-order valence-electron chi connectivity index (χ4n) is 2.16. The predicted octanol–water partition coefficient (Wildman–Crippen LogP) is 3.68. The third-order valence-corrected chi connectivity index (χ3v) is 3.49. The van der Waals surface area contributed by atoms with E-state index in [1.54, 1.807) is 24.3 Å². The van der Waals surface area contributed by atoms with Gasteiger partial charge >= 0.3 is 0 Å². The molecule has 3 nitrogen and oxygen atoms in total. The van der Waals surface area contributed by atoms with Gasteiger partial charge < -0.3 is 4.74 Å². The van der Waals surface area contributed by atoms with Gasteiger partial charge in [-0.15, -0.1) is 0 Å². The maximum Gasteiger partial charge on any atom is 0.132 e. The van der Waals surface area contributed by atoms with E-state index < -0.39 is 17.7 Å². The highest BCUT2D eigenvalue weighted by Crippen LogP contribution is 2.33. The maximum absolute atomic E-state index is 14.1. The van der Waals surface area contributed by atoms with E-state index in [2.05, 4.69) is 21.4 Å². The Morgan fingerprint density at radius 2 is 1.86 bits per heavy atom. The highest BCUT2D eigenvalue weighted by molar-refractivity contribution is 9.10. The van der Waals surface area contributed by atoms with Gasteiger partial charge in [-0.1, -0.05) is 34.1 Å². The van der Waals surface area contributed by atoms with Crippen molar-refractivity contribution in [1.82, 2.24) is 5.43 Å². The summed E-state index contributed by atoms with van der Waals surface area (Å²) in [5.74, 6) is 4.69. The van der Waals surface area contributed by atoms with Gasteiger partial charge in [0.2, 0.25) is 0 Å². The Kier molecular flexibility index (Phi) is 5.27. The van der Waals surface area contributed by atoms with Crippen molar-refractivity contribution in [1.29, 1.82) is 0 Å². The maximum atomic E-state index is 14.1. The lowest BCUT2D eigenvalue weighted by atomic mass is 9.97. The largest absolute Gasteiger partial charge is 0.494 e. The minimum atomic E-state index is -0.846. The first-order chi connectivity index (χ1) is 10.1. The molecule has 0 amide bonds. The van der Waals surface area contributed by atoms with Crippen molar-refractivity contribution in [3.63, 3.8) is 0 Å². The number of benzene rings is 2. The summed E-state index contributed by atoms with van der Waals surface area (Å²) in [5, 5.41) is 0. The molecule has 0 spiro atoms. The summed E-state index contributed by atoms with van der Waals surface area (Å²) < 4.78 is 34.1. The standard InChI is InChI=1S/C15H15BrF2N2O/c1-2-21-13-6-4-3-5-10(13)15(20-19)14-11(17)7-9(16)8-12(14)18/h3-8,15,20H,2,19H2,1H3. The number of ether oxygens (including phenoxy) is 1. The molecule has 0 radical (unpaired) electrons. The predicted molar refractivity (Wildman–Crippen MR) is 80.8 cm³/mol. The van der Waals surface area contributed by atoms with Crippen LogP contribution in [0, 0.1) is 11.6 Å². The second-order valence-electron chi connectivity index (χ2n) is 4.35. The molecule has 3 N–H and O–H groups in total. The van der Waals surface area contributed by atoms with Crippen molar-refractivity contribution in [3.05, 3.63) is 63.6 Å². The quantitative estimate of drug-likeness (QED) is 0.634. The Morgan fingerprint density at radius 1 is 1.24 bits per heavy atom. The van der Waals surface area contributed by atoms with Crippen LogP contribution in [0.2, 0.25) is 0 Å². The number of hydrazine groups is 1. The molecule has 0 fully saturated rings. The lowest BCUT2D eigenvalue weighted by molar-refractivity contribution is 0.332. The van der Waals surface area contributed by atoms with Crippen molar-refractivity contribution < 1.29 is 13.5 Å². The number of nitrogens with one attached hydrogen (secondary N) is 1. The molecule has 0 saturated heterocycles. The Bertz CT molecular complexity index is 614. The summed E-state index contributed by atoms with van der Waals surface area (Å²) in [5.41, 5.74) is 2.89. The van der Waals surface area contributed by atoms with Crippen molar-refractivity contribution in [2.45, 2.75) is 13.0 Å². The molecule has 1 atom stereocenters. The Labute approximate surface area is 130 Å². The van der Waals surface area contributed by atoms with E-state index in [0.717, 1.165) is 0 Å². The fourth-order valence-corrected chi connectivity index (χ4v) is 2.57. The highest BCUT2D eigenvalue weighted by Gasteiger charge is 2.24. The third kappa shape index (κ3) is 3.40. The van der Waals surface area contributed by atoms with Gasteiger partial charge in [0.15, 0.2) is 0 Å². The van der Waals surface area contributed by atoms with Gasteiger partial charge in [-0.2, -0.15) is 0 Å². The molecule has 1 unspecified atom stereocenters. The van der Waals surface area contributed by atoms with Crippen LogP contribution in [0.5, 0.6) is 5.75 Å². The van der Waals surface area contributed by atoms with Crippen LogP contribution in [0.15, 0.2) is 40.9 Å². The van der Waals surface area contributed by atoms with Crippen LogP contribution in [-0.2, 0) is 0 Å². The zero-order valence-electron chi connectivity index (χ0n) is 11.4. The lowest BCUT2D eigenvalue weighted by Gasteiger charge is -2.21. The molecule has 2 aromatic rings. The number of para-hydroxylation sites is 1. The zero-order chi connectivity index (χ0) is 15.4. The van der Waals surface area contributed by atoms with Crippen LogP contribution in [-0.4, -0.2) is 6.61 Å². The van der Waals surface area contributed by atoms with Crippen molar-refractivity contribution in [3.8, 4) is 5.75 Å². The molecule has 21 heavy (non-hydrogen) atoms. The summed E-state index contributed by atoms with van der Waals surface area (Å²) >= 11 is 3.06. The van der Waals surface area contributed by atoms with Crippen LogP contribution in [0.4, 0.5) is 8.78 Å². The monoisotopic (exact) mass is 356 g/mol. The Hall–Kier alpha value is -1.50. The van der Waals surface area contributed by atoms with Gasteiger partial charge in [0, 0.05) is 15.6 Å². The first-order valence-electron chi connectivity index (χ1n) is 6.40. The molecule has 0 aromatic heterocycles. The molecule has 0 saturated carbocycles. The van der Waals surface area contributed by atoms with E-state index in [4.69, 9.17) is 10.6 Å². The van der Waals surface area contributed by atoms with Crippen molar-refractivity contribution in [2.75, 3.05) is 6.61 Å². The minimum Gasteiger partial charge on any atom is -0.494 e. The van der Waals surface area contributed by atoms with Crippen LogP contribution in [0.1, 0.15) is 24.1 Å². The van der Waals surface area contributed by atoms with Crippen LogP contribution >= 0.6 is 15.9 Å². The number of hydrogen-bond donors (Lipinski definition) is 2. The summed E-state index contributed by atoms with van der Waals surface area (Å²) in [6.45, 7) is 2.28. The number of rotatable bonds is 5. The van der Waals surface area contributed by atoms with E-state index in [1.165, 1.54) is 12.1 Å². The minimum absolute atomic E-state index is 0.146. The molecule has 2 rings (SSSR count). The van der Waals surface area contributed by atoms with Crippen molar-refractivity contribution in [2.24, 2.45) is 5.84 Å². The lowest BCUT2D eigenvalue weighted by Crippen LogP contribution is -2.30. The van der Waals surface area contributed by atoms with Gasteiger partial charge in [-0.05, 0) is 25.1 Å². The molecule has 6 heteroatoms. The normalized spacial score (nSPS) is 12.2. The molecule has 0 aliphatic carbocycles. The number of nitrogens with two attached hydrogens (primary N) is 1. The summed E-state index contributed by atoms with van der Waals surface area (Å²) in [4.78, 5) is 0. The topological polar surface area (TPSA) is 47.3 Å². The van der Waals surface area contributed by atoms with Crippen LogP contribution < -0.4 is 16.0 Å². The Balaban J connectivity index is 2.55. The fraction of sp³-hybridized carbons (Fsp3) is 0.200. The van der Waals surface area contributed by atoms with Gasteiger partial charge in [0.1, 0.15) is 17.4 Å². The molecule has 0 heterocycles. The van der Waals surface area contributed by atoms with E-state index in [1.807, 2.05) is 6.92 Å². The van der Waals surface area contributed by atoms with E-state index in [0.29, 0.717) is 22.4 Å². The molecular weight excluding hydrogens is 342 g/mol. The van der Waals surface area contributed by atoms with Gasteiger partial charge in [-0.3, -0.25) is 5.84 Å². The zero-order valence-corrected chi connectivity index (χ0v) is 13.0. The van der Waals surface area contributed by atoms with Gasteiger partial charge in [-0.25, -0.2) is 14.2 Å². The number of hydrogen-bond acceptors (Lipinski definition) is 3. The first-order valence-corrected chi connectivity index (χ1v) is 7.20. The van der Waals surface area contributed by atoms with Gasteiger partial charge in [0.25, 0.3) is 0 Å². The summed E-state index contributed by atoms with van der Waals surface area (Å²) in [7, 11) is 0. The summed E-state index contributed by atoms with van der Waals surface area (Å²) in [6.07, 6.45) is 0. The SMILES string of the molecule is CCOc1ccccc1C(NN)c1c(F)cc(Br)cc1F.